The molecule has 0 amide bonds. The first-order valence-corrected chi connectivity index (χ1v) is 17.4. The number of nitrogens with zero attached hydrogens (tertiary/aromatic N) is 2. The van der Waals surface area contributed by atoms with Gasteiger partial charge in [0.2, 0.25) is 0 Å². The molecule has 3 heteroatoms. The van der Waals surface area contributed by atoms with Gasteiger partial charge in [0.05, 0.1) is 33.1 Å². The SMILES string of the molecule is c1ccc(-c2ccc3c(c2)oc2cccc(-n4c5ccccc5c5cc(-c6ccc7c(c6)c6ccccc6n7-c6ccccc6)ccc54)c23)cc1. The van der Waals surface area contributed by atoms with Gasteiger partial charge in [-0.15, -0.1) is 0 Å². The Hall–Kier alpha value is -6.84. The third-order valence-electron chi connectivity index (χ3n) is 10.5. The lowest BCUT2D eigenvalue weighted by Gasteiger charge is -2.10. The predicted octanol–water partition coefficient (Wildman–Crippen LogP) is 13.1. The van der Waals surface area contributed by atoms with E-state index in [0.29, 0.717) is 0 Å². The number of fused-ring (bicyclic) bond motifs is 9. The summed E-state index contributed by atoms with van der Waals surface area (Å²) >= 11 is 0. The summed E-state index contributed by atoms with van der Waals surface area (Å²) in [5, 5.41) is 7.21. The van der Waals surface area contributed by atoms with E-state index in [1.165, 1.54) is 66.0 Å². The van der Waals surface area contributed by atoms with E-state index in [-0.39, 0.29) is 0 Å². The first kappa shape index (κ1) is 28.0. The predicted molar refractivity (Wildman–Crippen MR) is 213 cm³/mol. The quantitative estimate of drug-likeness (QED) is 0.186. The van der Waals surface area contributed by atoms with Crippen molar-refractivity contribution in [3.63, 3.8) is 0 Å². The van der Waals surface area contributed by atoms with Gasteiger partial charge in [-0.25, -0.2) is 0 Å². The summed E-state index contributed by atoms with van der Waals surface area (Å²) in [5.74, 6) is 0. The number of hydrogen-bond acceptors (Lipinski definition) is 1. The van der Waals surface area contributed by atoms with Crippen molar-refractivity contribution in [2.45, 2.75) is 0 Å². The van der Waals surface area contributed by atoms with Crippen LogP contribution in [-0.4, -0.2) is 9.13 Å². The van der Waals surface area contributed by atoms with E-state index in [9.17, 15) is 0 Å². The molecular weight excluding hydrogens is 621 g/mol. The molecule has 8 aromatic carbocycles. The van der Waals surface area contributed by atoms with Crippen LogP contribution in [0.3, 0.4) is 0 Å². The van der Waals surface area contributed by atoms with E-state index < -0.39 is 0 Å². The van der Waals surface area contributed by atoms with Crippen LogP contribution >= 0.6 is 0 Å². The van der Waals surface area contributed by atoms with Crippen LogP contribution in [0.4, 0.5) is 0 Å². The van der Waals surface area contributed by atoms with E-state index in [0.717, 1.165) is 33.2 Å². The Kier molecular flexibility index (Phi) is 5.96. The van der Waals surface area contributed by atoms with Crippen LogP contribution in [-0.2, 0) is 0 Å². The summed E-state index contributed by atoms with van der Waals surface area (Å²) in [6.45, 7) is 0. The van der Waals surface area contributed by atoms with Gasteiger partial charge in [0.15, 0.2) is 0 Å². The second kappa shape index (κ2) is 10.8. The van der Waals surface area contributed by atoms with Gasteiger partial charge < -0.3 is 13.6 Å². The molecule has 0 bridgehead atoms. The van der Waals surface area contributed by atoms with Crippen LogP contribution in [0.1, 0.15) is 0 Å². The highest BCUT2D eigenvalue weighted by atomic mass is 16.3. The number of furan rings is 1. The maximum absolute atomic E-state index is 6.53. The van der Waals surface area contributed by atoms with Crippen LogP contribution < -0.4 is 0 Å². The molecule has 3 nitrogen and oxygen atoms in total. The fourth-order valence-electron chi connectivity index (χ4n) is 8.22. The van der Waals surface area contributed by atoms with Crippen molar-refractivity contribution < 1.29 is 4.42 Å². The van der Waals surface area contributed by atoms with Crippen molar-refractivity contribution in [2.24, 2.45) is 0 Å². The lowest BCUT2D eigenvalue weighted by atomic mass is 10.0. The van der Waals surface area contributed by atoms with Gasteiger partial charge in [0, 0.05) is 32.6 Å². The molecule has 11 aromatic rings. The topological polar surface area (TPSA) is 23.0 Å². The third-order valence-corrected chi connectivity index (χ3v) is 10.5. The molecule has 0 atom stereocenters. The summed E-state index contributed by atoms with van der Waals surface area (Å²) < 4.78 is 11.3. The zero-order valence-corrected chi connectivity index (χ0v) is 27.6. The summed E-state index contributed by atoms with van der Waals surface area (Å²) in [5.41, 5.74) is 13.6. The normalized spacial score (nSPS) is 11.9. The highest BCUT2D eigenvalue weighted by Crippen LogP contribution is 2.41. The molecular formula is C48H30N2O. The molecule has 11 rings (SSSR count). The van der Waals surface area contributed by atoms with E-state index in [1.807, 2.05) is 0 Å². The van der Waals surface area contributed by atoms with E-state index in [2.05, 4.69) is 191 Å². The zero-order valence-electron chi connectivity index (χ0n) is 27.6. The van der Waals surface area contributed by atoms with Crippen LogP contribution in [0.15, 0.2) is 186 Å². The highest BCUT2D eigenvalue weighted by Gasteiger charge is 2.19. The number of aromatic nitrogens is 2. The lowest BCUT2D eigenvalue weighted by molar-refractivity contribution is 0.669. The van der Waals surface area contributed by atoms with Crippen molar-refractivity contribution in [3.05, 3.63) is 182 Å². The molecule has 0 aliphatic carbocycles. The summed E-state index contributed by atoms with van der Waals surface area (Å²) in [6, 6.07) is 65.4. The van der Waals surface area contributed by atoms with E-state index in [1.54, 1.807) is 0 Å². The van der Waals surface area contributed by atoms with Gasteiger partial charge in [-0.05, 0) is 95.1 Å². The van der Waals surface area contributed by atoms with Crippen LogP contribution in [0.5, 0.6) is 0 Å². The minimum Gasteiger partial charge on any atom is -0.456 e. The molecule has 0 N–H and O–H groups in total. The van der Waals surface area contributed by atoms with Crippen molar-refractivity contribution in [1.29, 1.82) is 0 Å². The summed E-state index contributed by atoms with van der Waals surface area (Å²) in [7, 11) is 0. The van der Waals surface area contributed by atoms with Gasteiger partial charge in [0.25, 0.3) is 0 Å². The molecule has 0 spiro atoms. The monoisotopic (exact) mass is 650 g/mol. The molecule has 238 valence electrons. The number of benzene rings is 8. The second-order valence-electron chi connectivity index (χ2n) is 13.3. The Morgan fingerprint density at radius 2 is 0.863 bits per heavy atom. The molecule has 0 aliphatic heterocycles. The molecule has 51 heavy (non-hydrogen) atoms. The van der Waals surface area contributed by atoms with Gasteiger partial charge in [-0.1, -0.05) is 109 Å². The minimum atomic E-state index is 0.887. The number of para-hydroxylation sites is 3. The maximum atomic E-state index is 6.53. The molecule has 3 aromatic heterocycles. The van der Waals surface area contributed by atoms with Crippen LogP contribution in [0.2, 0.25) is 0 Å². The standard InChI is InChI=1S/C48H30N2O/c1-3-12-31(13-4-1)34-22-25-38-47(30-34)51-46-21-11-20-45(48(38)46)50-42-19-10-8-17-37(42)40-29-33(24-27-44(40)50)32-23-26-43-39(28-32)36-16-7-9-18-41(36)49(43)35-14-5-2-6-15-35/h1-30H. The van der Waals surface area contributed by atoms with Crippen LogP contribution in [0, 0.1) is 0 Å². The van der Waals surface area contributed by atoms with Crippen molar-refractivity contribution in [1.82, 2.24) is 9.13 Å². The third kappa shape index (κ3) is 4.19. The van der Waals surface area contributed by atoms with Gasteiger partial charge in [-0.3, -0.25) is 0 Å². The highest BCUT2D eigenvalue weighted by molar-refractivity contribution is 6.16. The lowest BCUT2D eigenvalue weighted by Crippen LogP contribution is -1.94. The second-order valence-corrected chi connectivity index (χ2v) is 13.3. The smallest absolute Gasteiger partial charge is 0.137 e. The Bertz CT molecular complexity index is 3130. The van der Waals surface area contributed by atoms with E-state index in [4.69, 9.17) is 4.42 Å². The Balaban J connectivity index is 1.10. The molecule has 3 heterocycles. The first-order valence-electron chi connectivity index (χ1n) is 17.4. The maximum Gasteiger partial charge on any atom is 0.137 e. The fourth-order valence-corrected chi connectivity index (χ4v) is 8.22. The van der Waals surface area contributed by atoms with Crippen molar-refractivity contribution >= 4 is 65.6 Å². The molecule has 0 saturated heterocycles. The number of rotatable bonds is 4. The average Bonchev–Trinajstić information content (AvgIpc) is 3.85. The Morgan fingerprint density at radius 3 is 1.57 bits per heavy atom. The molecule has 0 radical (unpaired) electrons. The van der Waals surface area contributed by atoms with Crippen molar-refractivity contribution in [3.8, 4) is 33.6 Å². The summed E-state index contributed by atoms with van der Waals surface area (Å²) in [6.07, 6.45) is 0. The van der Waals surface area contributed by atoms with Gasteiger partial charge in [-0.2, -0.15) is 0 Å². The average molecular weight is 651 g/mol. The molecule has 0 aliphatic rings. The largest absolute Gasteiger partial charge is 0.456 e. The molecule has 0 fully saturated rings. The van der Waals surface area contributed by atoms with Crippen LogP contribution in [0.25, 0.3) is 99.2 Å². The van der Waals surface area contributed by atoms with E-state index >= 15 is 0 Å². The molecule has 0 unspecified atom stereocenters. The van der Waals surface area contributed by atoms with Crippen molar-refractivity contribution in [2.75, 3.05) is 0 Å². The minimum absolute atomic E-state index is 0.887. The van der Waals surface area contributed by atoms with Gasteiger partial charge in [0.1, 0.15) is 11.2 Å². The number of hydrogen-bond donors (Lipinski definition) is 0. The molecule has 0 saturated carbocycles. The fraction of sp³-hybridized carbons (Fsp3) is 0. The Morgan fingerprint density at radius 1 is 0.314 bits per heavy atom. The Labute approximate surface area is 293 Å². The van der Waals surface area contributed by atoms with Gasteiger partial charge >= 0.3 is 0 Å². The summed E-state index contributed by atoms with van der Waals surface area (Å²) in [4.78, 5) is 0. The first-order chi connectivity index (χ1) is 25.3. The zero-order chi connectivity index (χ0) is 33.5.